The van der Waals surface area contributed by atoms with Crippen LogP contribution in [0, 0.1) is 17.1 Å². The average Bonchev–Trinajstić information content (AvgIpc) is 3.48. The average molecular weight is 651 g/mol. The fourth-order valence-electron chi connectivity index (χ4n) is 6.59. The summed E-state index contributed by atoms with van der Waals surface area (Å²) >= 11 is 0. The fraction of sp³-hybridized carbons (Fsp3) is 0.361. The van der Waals surface area contributed by atoms with Crippen molar-refractivity contribution in [1.82, 2.24) is 29.5 Å². The molecule has 2 fully saturated rings. The smallest absolute Gasteiger partial charge is 0.264 e. The predicted molar refractivity (Wildman–Crippen MR) is 180 cm³/mol. The van der Waals surface area contributed by atoms with Gasteiger partial charge in [0.1, 0.15) is 40.5 Å². The molecule has 2 aliphatic heterocycles. The predicted octanol–water partition coefficient (Wildman–Crippen LogP) is 5.17. The molecule has 248 valence electrons. The van der Waals surface area contributed by atoms with Crippen molar-refractivity contribution in [2.24, 2.45) is 0 Å². The van der Waals surface area contributed by atoms with Gasteiger partial charge in [0, 0.05) is 56.1 Å². The van der Waals surface area contributed by atoms with Crippen molar-refractivity contribution in [2.75, 3.05) is 45.0 Å². The summed E-state index contributed by atoms with van der Waals surface area (Å²) in [6.45, 7) is 8.71. The Morgan fingerprint density at radius 1 is 1.15 bits per heavy atom. The van der Waals surface area contributed by atoms with Crippen LogP contribution in [0.1, 0.15) is 39.7 Å². The molecule has 11 nitrogen and oxygen atoms in total. The Morgan fingerprint density at radius 2 is 1.94 bits per heavy atom. The van der Waals surface area contributed by atoms with Crippen molar-refractivity contribution in [3.8, 4) is 28.8 Å². The third-order valence-corrected chi connectivity index (χ3v) is 9.22. The number of ether oxygens (including phenoxy) is 1. The Hall–Kier alpha value is -5.28. The lowest BCUT2D eigenvalue weighted by Gasteiger charge is -2.42. The van der Waals surface area contributed by atoms with Crippen LogP contribution < -0.4 is 10.5 Å². The highest BCUT2D eigenvalue weighted by Gasteiger charge is 2.35. The fourth-order valence-corrected chi connectivity index (χ4v) is 6.59. The highest BCUT2D eigenvalue weighted by molar-refractivity contribution is 6.00. The molecule has 0 radical (unpaired) electrons. The van der Waals surface area contributed by atoms with E-state index in [1.54, 1.807) is 57.1 Å². The molecule has 4 heterocycles. The number of para-hydroxylation sites is 1. The first-order valence-electron chi connectivity index (χ1n) is 16.2. The molecule has 0 unspecified atom stereocenters. The number of carbonyl (C=O) groups is 2. The second-order valence-electron chi connectivity index (χ2n) is 12.7. The zero-order valence-electron chi connectivity index (χ0n) is 27.4. The SMILES string of the molecule is CCN1CCN(C(C)(C)/C=C(\C#N)C(=O)N2CCC[C@@H](n3nc(-c4ccc(Oc5ccccc5)cc4F)c4c(N)nccc43)C2)CC1=O. The van der Waals surface area contributed by atoms with Crippen LogP contribution in [0.25, 0.3) is 22.2 Å². The first-order valence-corrected chi connectivity index (χ1v) is 16.2. The number of nitrogens with zero attached hydrogens (tertiary/aromatic N) is 7. The van der Waals surface area contributed by atoms with E-state index in [1.165, 1.54) is 6.07 Å². The summed E-state index contributed by atoms with van der Waals surface area (Å²) < 4.78 is 23.3. The van der Waals surface area contributed by atoms with E-state index in [0.29, 0.717) is 67.2 Å². The van der Waals surface area contributed by atoms with Crippen LogP contribution in [-0.4, -0.2) is 86.1 Å². The number of hydrogen-bond donors (Lipinski definition) is 1. The number of nitrogens with two attached hydrogens (primary N) is 1. The molecule has 2 amide bonds. The highest BCUT2D eigenvalue weighted by Crippen LogP contribution is 2.37. The molecule has 2 N–H and O–H groups in total. The molecule has 0 aliphatic carbocycles. The molecule has 2 saturated heterocycles. The van der Waals surface area contributed by atoms with Crippen LogP contribution in [0.15, 0.2) is 72.4 Å². The van der Waals surface area contributed by atoms with Crippen molar-refractivity contribution in [3.63, 3.8) is 0 Å². The number of halogens is 1. The molecular formula is C36H39FN8O3. The third kappa shape index (κ3) is 6.46. The monoisotopic (exact) mass is 650 g/mol. The summed E-state index contributed by atoms with van der Waals surface area (Å²) in [6, 6.07) is 17.4. The summed E-state index contributed by atoms with van der Waals surface area (Å²) in [6.07, 6.45) is 4.66. The van der Waals surface area contributed by atoms with Gasteiger partial charge in [-0.25, -0.2) is 9.37 Å². The Bertz CT molecular complexity index is 1920. The minimum absolute atomic E-state index is 0.0327. The first-order chi connectivity index (χ1) is 23.1. The quantitative estimate of drug-likeness (QED) is 0.204. The van der Waals surface area contributed by atoms with E-state index in [-0.39, 0.29) is 41.4 Å². The van der Waals surface area contributed by atoms with Crippen molar-refractivity contribution in [3.05, 3.63) is 78.3 Å². The van der Waals surface area contributed by atoms with Gasteiger partial charge in [-0.15, -0.1) is 0 Å². The zero-order valence-corrected chi connectivity index (χ0v) is 27.4. The molecule has 1 atom stereocenters. The number of likely N-dealkylation sites (N-methyl/N-ethyl adjacent to an activating group) is 1. The second kappa shape index (κ2) is 13.4. The van der Waals surface area contributed by atoms with Gasteiger partial charge >= 0.3 is 0 Å². The van der Waals surface area contributed by atoms with Crippen LogP contribution in [0.4, 0.5) is 10.2 Å². The third-order valence-electron chi connectivity index (χ3n) is 9.22. The summed E-state index contributed by atoms with van der Waals surface area (Å²) in [4.78, 5) is 36.1. The molecule has 0 bridgehead atoms. The van der Waals surface area contributed by atoms with Crippen LogP contribution in [0.2, 0.25) is 0 Å². The lowest BCUT2D eigenvalue weighted by molar-refractivity contribution is -0.137. The van der Waals surface area contributed by atoms with E-state index in [4.69, 9.17) is 15.6 Å². The van der Waals surface area contributed by atoms with Gasteiger partial charge in [-0.3, -0.25) is 19.2 Å². The number of fused-ring (bicyclic) bond motifs is 1. The molecule has 12 heteroatoms. The maximum absolute atomic E-state index is 15.7. The largest absolute Gasteiger partial charge is 0.457 e. The summed E-state index contributed by atoms with van der Waals surface area (Å²) in [7, 11) is 0. The number of amides is 2. The first kappa shape index (κ1) is 32.7. The number of carbonyl (C=O) groups excluding carboxylic acids is 2. The number of rotatable bonds is 8. The second-order valence-corrected chi connectivity index (χ2v) is 12.7. The summed E-state index contributed by atoms with van der Waals surface area (Å²) in [5.74, 6) is 0.295. The number of likely N-dealkylation sites (tertiary alicyclic amines) is 1. The number of piperazine rings is 1. The van der Waals surface area contributed by atoms with Crippen LogP contribution in [0.5, 0.6) is 11.5 Å². The maximum Gasteiger partial charge on any atom is 0.264 e. The van der Waals surface area contributed by atoms with Crippen LogP contribution in [0.3, 0.4) is 0 Å². The number of aromatic nitrogens is 3. The summed E-state index contributed by atoms with van der Waals surface area (Å²) in [5, 5.41) is 15.5. The highest BCUT2D eigenvalue weighted by atomic mass is 19.1. The normalized spacial score (nSPS) is 17.9. The number of benzene rings is 2. The van der Waals surface area contributed by atoms with Gasteiger partial charge in [0.05, 0.1) is 23.5 Å². The van der Waals surface area contributed by atoms with E-state index in [1.807, 2.05) is 43.9 Å². The van der Waals surface area contributed by atoms with Crippen molar-refractivity contribution >= 4 is 28.5 Å². The van der Waals surface area contributed by atoms with E-state index < -0.39 is 11.4 Å². The lowest BCUT2D eigenvalue weighted by atomic mass is 9.96. The number of piperidine rings is 1. The molecule has 2 aliphatic rings. The van der Waals surface area contributed by atoms with Crippen LogP contribution in [-0.2, 0) is 9.59 Å². The number of nitrogen functional groups attached to an aromatic ring is 1. The standard InChI is InChI=1S/C36H39FN8O3/c1-4-42-17-18-44(23-31(42)46)36(2,3)20-24(21-38)35(47)43-16-8-9-25(22-43)45-30-14-15-40-34(39)32(30)33(41-45)28-13-12-27(19-29(28)37)48-26-10-6-5-7-11-26/h5-7,10-15,19-20,25H,4,8-9,16-18,22-23H2,1-3H3,(H2,39,40)/b24-20+/t25-/m1/s1. The molecule has 6 rings (SSSR count). The Kier molecular flexibility index (Phi) is 9.15. The van der Waals surface area contributed by atoms with Gasteiger partial charge in [0.25, 0.3) is 5.91 Å². The molecule has 0 saturated carbocycles. The van der Waals surface area contributed by atoms with E-state index in [9.17, 15) is 14.9 Å². The van der Waals surface area contributed by atoms with Gasteiger partial charge < -0.3 is 20.3 Å². The molecule has 2 aromatic heterocycles. The Morgan fingerprint density at radius 3 is 2.65 bits per heavy atom. The molecule has 0 spiro atoms. The van der Waals surface area contributed by atoms with Gasteiger partial charge in [0.15, 0.2) is 0 Å². The van der Waals surface area contributed by atoms with Gasteiger partial charge in [-0.05, 0) is 70.0 Å². The lowest BCUT2D eigenvalue weighted by Crippen LogP contribution is -2.56. The summed E-state index contributed by atoms with van der Waals surface area (Å²) in [5.41, 5.74) is 6.97. The zero-order chi connectivity index (χ0) is 34.0. The number of hydrogen-bond acceptors (Lipinski definition) is 8. The van der Waals surface area contributed by atoms with Gasteiger partial charge in [0.2, 0.25) is 5.91 Å². The molecule has 48 heavy (non-hydrogen) atoms. The number of nitriles is 1. The van der Waals surface area contributed by atoms with E-state index in [2.05, 4.69) is 11.1 Å². The van der Waals surface area contributed by atoms with E-state index >= 15 is 4.39 Å². The topological polar surface area (TPSA) is 134 Å². The van der Waals surface area contributed by atoms with Gasteiger partial charge in [-0.2, -0.15) is 10.4 Å². The van der Waals surface area contributed by atoms with Gasteiger partial charge in [-0.1, -0.05) is 18.2 Å². The number of pyridine rings is 1. The van der Waals surface area contributed by atoms with Crippen LogP contribution >= 0.6 is 0 Å². The maximum atomic E-state index is 15.7. The molecular weight excluding hydrogens is 611 g/mol. The minimum Gasteiger partial charge on any atom is -0.457 e. The number of anilines is 1. The molecule has 4 aromatic rings. The van der Waals surface area contributed by atoms with Crippen molar-refractivity contribution in [2.45, 2.75) is 45.2 Å². The van der Waals surface area contributed by atoms with E-state index in [0.717, 1.165) is 6.42 Å². The Balaban J connectivity index is 1.26. The van der Waals surface area contributed by atoms with Crippen molar-refractivity contribution < 1.29 is 18.7 Å². The van der Waals surface area contributed by atoms with Crippen molar-refractivity contribution in [1.29, 1.82) is 5.26 Å². The molecule has 2 aromatic carbocycles. The minimum atomic E-state index is -0.686. The Labute approximate surface area is 279 Å².